The summed E-state index contributed by atoms with van der Waals surface area (Å²) in [5, 5.41) is 6.40. The van der Waals surface area contributed by atoms with Gasteiger partial charge in [-0.2, -0.15) is 15.1 Å². The van der Waals surface area contributed by atoms with E-state index in [4.69, 9.17) is 15.2 Å². The summed E-state index contributed by atoms with van der Waals surface area (Å²) in [6.45, 7) is 0. The van der Waals surface area contributed by atoms with Gasteiger partial charge in [-0.25, -0.2) is 0 Å². The summed E-state index contributed by atoms with van der Waals surface area (Å²) < 4.78 is 11.3. The van der Waals surface area contributed by atoms with Crippen molar-refractivity contribution < 1.29 is 14.3 Å². The third-order valence-corrected chi connectivity index (χ3v) is 2.50. The summed E-state index contributed by atoms with van der Waals surface area (Å²) in [7, 11) is 4.51. The molecule has 0 spiro atoms. The van der Waals surface area contributed by atoms with Gasteiger partial charge < -0.3 is 15.2 Å². The Kier molecular flexibility index (Phi) is 3.69. The Balaban J connectivity index is 2.28. The van der Waals surface area contributed by atoms with Crippen LogP contribution in [-0.4, -0.2) is 39.9 Å². The first kappa shape index (κ1) is 13.6. The number of carbonyl (C=O) groups excluding carboxylic acids is 1. The number of methoxy groups -OCH3 is 2. The van der Waals surface area contributed by atoms with E-state index in [1.54, 1.807) is 7.05 Å². The molecule has 9 heteroatoms. The zero-order chi connectivity index (χ0) is 14.7. The van der Waals surface area contributed by atoms with E-state index in [0.29, 0.717) is 0 Å². The van der Waals surface area contributed by atoms with Crippen LogP contribution in [0.25, 0.3) is 0 Å². The molecule has 0 fully saturated rings. The monoisotopic (exact) mass is 278 g/mol. The van der Waals surface area contributed by atoms with Crippen molar-refractivity contribution in [2.75, 3.05) is 25.3 Å². The summed E-state index contributed by atoms with van der Waals surface area (Å²) in [4.78, 5) is 20.1. The van der Waals surface area contributed by atoms with Crippen molar-refractivity contribution in [2.45, 2.75) is 0 Å². The fraction of sp³-hybridized carbons (Fsp3) is 0.273. The maximum Gasteiger partial charge on any atom is 0.278 e. The van der Waals surface area contributed by atoms with Crippen LogP contribution in [0, 0.1) is 0 Å². The minimum absolute atomic E-state index is 0.0480. The van der Waals surface area contributed by atoms with E-state index < -0.39 is 5.91 Å². The van der Waals surface area contributed by atoms with E-state index >= 15 is 0 Å². The lowest BCUT2D eigenvalue weighted by Crippen LogP contribution is -2.19. The fourth-order valence-electron chi connectivity index (χ4n) is 1.56. The molecule has 0 aromatic carbocycles. The molecule has 0 aliphatic rings. The number of aromatic nitrogens is 4. The standard InChI is InChI=1S/C11H14N6O3/c1-17-9(6(12)5-13-17)10(18)16-11-14-7(19-2)4-8(15-11)20-3/h4-5H,12H2,1-3H3,(H,14,15,16,18). The first-order valence-electron chi connectivity index (χ1n) is 5.61. The van der Waals surface area contributed by atoms with Gasteiger partial charge in [-0.1, -0.05) is 0 Å². The van der Waals surface area contributed by atoms with Gasteiger partial charge in [-0.15, -0.1) is 0 Å². The summed E-state index contributed by atoms with van der Waals surface area (Å²) in [5.74, 6) is 0.111. The smallest absolute Gasteiger partial charge is 0.278 e. The van der Waals surface area contributed by atoms with E-state index in [1.807, 2.05) is 0 Å². The molecule has 3 N–H and O–H groups in total. The Labute approximate surface area is 114 Å². The Morgan fingerprint density at radius 3 is 2.35 bits per heavy atom. The molecule has 0 saturated carbocycles. The number of nitrogens with two attached hydrogens (primary N) is 1. The number of rotatable bonds is 4. The topological polar surface area (TPSA) is 117 Å². The quantitative estimate of drug-likeness (QED) is 0.812. The summed E-state index contributed by atoms with van der Waals surface area (Å²) in [6, 6.07) is 1.49. The lowest BCUT2D eigenvalue weighted by molar-refractivity contribution is 0.101. The highest BCUT2D eigenvalue weighted by molar-refractivity contribution is 6.05. The molecule has 106 valence electrons. The Morgan fingerprint density at radius 2 is 1.90 bits per heavy atom. The molecule has 0 bridgehead atoms. The van der Waals surface area contributed by atoms with Gasteiger partial charge in [0.25, 0.3) is 5.91 Å². The summed E-state index contributed by atoms with van der Waals surface area (Å²) >= 11 is 0. The Hall–Kier alpha value is -2.84. The number of carbonyl (C=O) groups is 1. The minimum Gasteiger partial charge on any atom is -0.481 e. The van der Waals surface area contributed by atoms with Crippen LogP contribution in [0.2, 0.25) is 0 Å². The lowest BCUT2D eigenvalue weighted by atomic mass is 10.3. The molecule has 2 rings (SSSR count). The van der Waals surface area contributed by atoms with Crippen molar-refractivity contribution in [1.29, 1.82) is 0 Å². The maximum atomic E-state index is 12.1. The molecule has 20 heavy (non-hydrogen) atoms. The van der Waals surface area contributed by atoms with Gasteiger partial charge in [0, 0.05) is 7.05 Å². The molecule has 0 atom stereocenters. The molecule has 2 heterocycles. The third kappa shape index (κ3) is 2.60. The van der Waals surface area contributed by atoms with Crippen molar-refractivity contribution >= 4 is 17.5 Å². The van der Waals surface area contributed by atoms with E-state index in [0.717, 1.165) is 0 Å². The van der Waals surface area contributed by atoms with E-state index in [9.17, 15) is 4.79 Å². The number of ether oxygens (including phenoxy) is 2. The van der Waals surface area contributed by atoms with Gasteiger partial charge in [0.2, 0.25) is 17.7 Å². The second-order valence-corrected chi connectivity index (χ2v) is 3.80. The molecule has 9 nitrogen and oxygen atoms in total. The summed E-state index contributed by atoms with van der Waals surface area (Å²) in [5.41, 5.74) is 6.16. The second kappa shape index (κ2) is 5.43. The van der Waals surface area contributed by atoms with Crippen LogP contribution in [0.4, 0.5) is 11.6 Å². The van der Waals surface area contributed by atoms with Gasteiger partial charge in [-0.05, 0) is 0 Å². The van der Waals surface area contributed by atoms with Crippen molar-refractivity contribution in [1.82, 2.24) is 19.7 Å². The predicted octanol–water partition coefficient (Wildman–Crippen LogP) is 0.0618. The van der Waals surface area contributed by atoms with Crippen LogP contribution in [0.3, 0.4) is 0 Å². The number of aryl methyl sites for hydroxylation is 1. The zero-order valence-electron chi connectivity index (χ0n) is 11.2. The largest absolute Gasteiger partial charge is 0.481 e. The van der Waals surface area contributed by atoms with E-state index in [1.165, 1.54) is 31.2 Å². The van der Waals surface area contributed by atoms with Gasteiger partial charge in [0.1, 0.15) is 5.69 Å². The molecule has 2 aromatic rings. The van der Waals surface area contributed by atoms with Gasteiger partial charge in [0.15, 0.2) is 0 Å². The normalized spacial score (nSPS) is 10.2. The predicted molar refractivity (Wildman–Crippen MR) is 70.7 cm³/mol. The third-order valence-electron chi connectivity index (χ3n) is 2.50. The van der Waals surface area contributed by atoms with Crippen LogP contribution in [0.1, 0.15) is 10.5 Å². The highest BCUT2D eigenvalue weighted by Gasteiger charge is 2.17. The molecule has 0 unspecified atom stereocenters. The number of anilines is 2. The number of amides is 1. The highest BCUT2D eigenvalue weighted by Crippen LogP contribution is 2.18. The number of nitrogens with one attached hydrogen (secondary N) is 1. The molecule has 0 saturated heterocycles. The molecule has 0 radical (unpaired) electrons. The Bertz CT molecular complexity index is 597. The SMILES string of the molecule is COc1cc(OC)nc(NC(=O)c2c(N)cnn2C)n1. The van der Waals surface area contributed by atoms with Crippen LogP contribution in [-0.2, 0) is 7.05 Å². The fourth-order valence-corrected chi connectivity index (χ4v) is 1.56. The number of nitrogen functional groups attached to an aromatic ring is 1. The van der Waals surface area contributed by atoms with Crippen LogP contribution in [0.15, 0.2) is 12.3 Å². The van der Waals surface area contributed by atoms with E-state index in [2.05, 4.69) is 20.4 Å². The molecule has 0 aliphatic heterocycles. The van der Waals surface area contributed by atoms with Crippen molar-refractivity contribution in [3.8, 4) is 11.8 Å². The number of hydrogen-bond donors (Lipinski definition) is 2. The Morgan fingerprint density at radius 1 is 1.30 bits per heavy atom. The molecular weight excluding hydrogens is 264 g/mol. The molecule has 1 amide bonds. The molecule has 2 aromatic heterocycles. The van der Waals surface area contributed by atoms with Crippen LogP contribution >= 0.6 is 0 Å². The van der Waals surface area contributed by atoms with Crippen LogP contribution < -0.4 is 20.5 Å². The molecular formula is C11H14N6O3. The average molecular weight is 278 g/mol. The van der Waals surface area contributed by atoms with Gasteiger partial charge >= 0.3 is 0 Å². The first-order valence-corrected chi connectivity index (χ1v) is 5.61. The maximum absolute atomic E-state index is 12.1. The van der Waals surface area contributed by atoms with E-state index in [-0.39, 0.29) is 29.1 Å². The highest BCUT2D eigenvalue weighted by atomic mass is 16.5. The number of hydrogen-bond acceptors (Lipinski definition) is 7. The average Bonchev–Trinajstić information content (AvgIpc) is 2.77. The van der Waals surface area contributed by atoms with Crippen molar-refractivity contribution in [2.24, 2.45) is 7.05 Å². The zero-order valence-corrected chi connectivity index (χ0v) is 11.2. The summed E-state index contributed by atoms with van der Waals surface area (Å²) in [6.07, 6.45) is 1.39. The van der Waals surface area contributed by atoms with Crippen LogP contribution in [0.5, 0.6) is 11.8 Å². The second-order valence-electron chi connectivity index (χ2n) is 3.80. The van der Waals surface area contributed by atoms with Gasteiger partial charge in [0.05, 0.1) is 32.2 Å². The minimum atomic E-state index is -0.474. The molecule has 0 aliphatic carbocycles. The van der Waals surface area contributed by atoms with Gasteiger partial charge in [-0.3, -0.25) is 14.8 Å². The number of nitrogens with zero attached hydrogens (tertiary/aromatic N) is 4. The lowest BCUT2D eigenvalue weighted by Gasteiger charge is -2.08. The van der Waals surface area contributed by atoms with Crippen molar-refractivity contribution in [3.63, 3.8) is 0 Å². The first-order chi connectivity index (χ1) is 9.55. The van der Waals surface area contributed by atoms with Crippen molar-refractivity contribution in [3.05, 3.63) is 18.0 Å².